The number of hydrogen-bond acceptors (Lipinski definition) is 1. The summed E-state index contributed by atoms with van der Waals surface area (Å²) in [7, 11) is 0. The minimum atomic E-state index is -0.128. The molecule has 128 valence electrons. The maximum Gasteiger partial charge on any atom is 0.193 e. The van der Waals surface area contributed by atoms with Gasteiger partial charge < -0.3 is 10.2 Å². The van der Waals surface area contributed by atoms with Crippen LogP contribution in [0.2, 0.25) is 0 Å². The summed E-state index contributed by atoms with van der Waals surface area (Å²) < 4.78 is 13.6. The molecule has 5 heteroatoms. The van der Waals surface area contributed by atoms with E-state index >= 15 is 0 Å². The van der Waals surface area contributed by atoms with Gasteiger partial charge in [0.1, 0.15) is 5.82 Å². The molecule has 2 fully saturated rings. The standard InChI is InChI=1S/C18H26FN3.HI/c1-2-20-17(22-13-11-18(14-22)9-5-10-18)21-12-8-15-6-3-4-7-16(15)19;/h3-4,6-7H,2,5,8-14H2,1H3,(H,20,21);1H. The second kappa shape index (κ2) is 8.31. The van der Waals surface area contributed by atoms with Crippen molar-refractivity contribution in [3.8, 4) is 0 Å². The first kappa shape index (κ1) is 18.5. The van der Waals surface area contributed by atoms with Gasteiger partial charge in [-0.1, -0.05) is 24.6 Å². The summed E-state index contributed by atoms with van der Waals surface area (Å²) in [6, 6.07) is 6.98. The van der Waals surface area contributed by atoms with E-state index in [0.29, 0.717) is 18.4 Å². The van der Waals surface area contributed by atoms with E-state index in [-0.39, 0.29) is 29.8 Å². The first-order valence-electron chi connectivity index (χ1n) is 8.49. The third kappa shape index (κ3) is 4.37. The molecule has 3 rings (SSSR count). The van der Waals surface area contributed by atoms with Crippen molar-refractivity contribution in [2.45, 2.75) is 39.0 Å². The van der Waals surface area contributed by atoms with Gasteiger partial charge in [0.2, 0.25) is 0 Å². The number of aliphatic imine (C=N–C) groups is 1. The zero-order valence-electron chi connectivity index (χ0n) is 13.9. The number of benzene rings is 1. The van der Waals surface area contributed by atoms with Crippen LogP contribution in [-0.4, -0.2) is 37.0 Å². The Balaban J connectivity index is 0.00000192. The molecular weight excluding hydrogens is 404 g/mol. The Morgan fingerprint density at radius 2 is 2.09 bits per heavy atom. The van der Waals surface area contributed by atoms with Crippen molar-refractivity contribution in [3.05, 3.63) is 35.6 Å². The third-order valence-corrected chi connectivity index (χ3v) is 5.09. The monoisotopic (exact) mass is 431 g/mol. The average Bonchev–Trinajstić information content (AvgIpc) is 2.94. The molecule has 0 bridgehead atoms. The molecule has 1 aromatic rings. The number of rotatable bonds is 4. The molecule has 1 saturated carbocycles. The highest BCUT2D eigenvalue weighted by atomic mass is 127. The molecule has 0 radical (unpaired) electrons. The fourth-order valence-electron chi connectivity index (χ4n) is 3.61. The van der Waals surface area contributed by atoms with E-state index in [1.165, 1.54) is 31.7 Å². The molecule has 1 spiro atoms. The van der Waals surface area contributed by atoms with E-state index in [2.05, 4.69) is 17.1 Å². The second-order valence-corrected chi connectivity index (χ2v) is 6.60. The molecular formula is C18H27FIN3. The van der Waals surface area contributed by atoms with Crippen LogP contribution in [0.1, 0.15) is 38.2 Å². The summed E-state index contributed by atoms with van der Waals surface area (Å²) in [5, 5.41) is 3.39. The summed E-state index contributed by atoms with van der Waals surface area (Å²) in [5.41, 5.74) is 1.32. The van der Waals surface area contributed by atoms with Crippen LogP contribution in [-0.2, 0) is 6.42 Å². The first-order chi connectivity index (χ1) is 10.7. The lowest BCUT2D eigenvalue weighted by Crippen LogP contribution is -2.42. The zero-order chi connectivity index (χ0) is 15.4. The van der Waals surface area contributed by atoms with Crippen molar-refractivity contribution in [2.24, 2.45) is 10.4 Å². The lowest BCUT2D eigenvalue weighted by molar-refractivity contribution is 0.151. The highest BCUT2D eigenvalue weighted by Gasteiger charge is 2.43. The van der Waals surface area contributed by atoms with E-state index in [0.717, 1.165) is 31.2 Å². The van der Waals surface area contributed by atoms with Gasteiger partial charge in [-0.2, -0.15) is 0 Å². The van der Waals surface area contributed by atoms with E-state index < -0.39 is 0 Å². The van der Waals surface area contributed by atoms with E-state index in [1.54, 1.807) is 6.07 Å². The quantitative estimate of drug-likeness (QED) is 0.446. The van der Waals surface area contributed by atoms with Crippen LogP contribution in [0.25, 0.3) is 0 Å². The maximum atomic E-state index is 13.6. The summed E-state index contributed by atoms with van der Waals surface area (Å²) >= 11 is 0. The fourth-order valence-corrected chi connectivity index (χ4v) is 3.61. The SMILES string of the molecule is CCNC(=NCCc1ccccc1F)N1CCC2(CCC2)C1.I. The zero-order valence-corrected chi connectivity index (χ0v) is 16.2. The Morgan fingerprint density at radius 1 is 1.30 bits per heavy atom. The lowest BCUT2D eigenvalue weighted by Gasteiger charge is -2.38. The van der Waals surface area contributed by atoms with Crippen molar-refractivity contribution >= 4 is 29.9 Å². The van der Waals surface area contributed by atoms with E-state index in [4.69, 9.17) is 4.99 Å². The molecule has 1 aromatic carbocycles. The van der Waals surface area contributed by atoms with Crippen LogP contribution in [0.3, 0.4) is 0 Å². The Bertz CT molecular complexity index is 543. The minimum absolute atomic E-state index is 0. The van der Waals surface area contributed by atoms with Crippen molar-refractivity contribution < 1.29 is 4.39 Å². The normalized spacial score (nSPS) is 19.4. The molecule has 0 atom stereocenters. The predicted octanol–water partition coefficient (Wildman–Crippen LogP) is 3.83. The predicted molar refractivity (Wildman–Crippen MR) is 104 cm³/mol. The summed E-state index contributed by atoms with van der Waals surface area (Å²) in [6.07, 6.45) is 6.08. The van der Waals surface area contributed by atoms with Gasteiger partial charge in [-0.25, -0.2) is 4.39 Å². The number of halogens is 2. The molecule has 1 N–H and O–H groups in total. The Labute approximate surface area is 155 Å². The highest BCUT2D eigenvalue weighted by molar-refractivity contribution is 14.0. The van der Waals surface area contributed by atoms with Crippen LogP contribution in [0.5, 0.6) is 0 Å². The largest absolute Gasteiger partial charge is 0.357 e. The molecule has 1 saturated heterocycles. The molecule has 23 heavy (non-hydrogen) atoms. The van der Waals surface area contributed by atoms with Crippen LogP contribution in [0.4, 0.5) is 4.39 Å². The molecule has 0 amide bonds. The maximum absolute atomic E-state index is 13.6. The molecule has 0 aromatic heterocycles. The van der Waals surface area contributed by atoms with Crippen LogP contribution in [0.15, 0.2) is 29.3 Å². The van der Waals surface area contributed by atoms with Crippen LogP contribution >= 0.6 is 24.0 Å². The van der Waals surface area contributed by atoms with Gasteiger partial charge in [0.15, 0.2) is 5.96 Å². The minimum Gasteiger partial charge on any atom is -0.357 e. The number of nitrogens with zero attached hydrogens (tertiary/aromatic N) is 2. The number of guanidine groups is 1. The van der Waals surface area contributed by atoms with Gasteiger partial charge in [0.05, 0.1) is 0 Å². The van der Waals surface area contributed by atoms with Gasteiger partial charge in [-0.15, -0.1) is 24.0 Å². The highest BCUT2D eigenvalue weighted by Crippen LogP contribution is 2.47. The molecule has 1 aliphatic heterocycles. The van der Waals surface area contributed by atoms with Gasteiger partial charge in [0, 0.05) is 26.2 Å². The Morgan fingerprint density at radius 3 is 2.70 bits per heavy atom. The van der Waals surface area contributed by atoms with E-state index in [1.807, 2.05) is 12.1 Å². The van der Waals surface area contributed by atoms with Gasteiger partial charge in [-0.3, -0.25) is 4.99 Å². The van der Waals surface area contributed by atoms with Crippen molar-refractivity contribution in [2.75, 3.05) is 26.2 Å². The Hall–Kier alpha value is -0.850. The van der Waals surface area contributed by atoms with Crippen molar-refractivity contribution in [3.63, 3.8) is 0 Å². The van der Waals surface area contributed by atoms with Crippen molar-refractivity contribution in [1.29, 1.82) is 0 Å². The average molecular weight is 431 g/mol. The first-order valence-corrected chi connectivity index (χ1v) is 8.49. The molecule has 1 heterocycles. The molecule has 0 unspecified atom stereocenters. The lowest BCUT2D eigenvalue weighted by atomic mass is 9.68. The molecule has 1 aliphatic carbocycles. The molecule has 2 aliphatic rings. The van der Waals surface area contributed by atoms with Gasteiger partial charge >= 0.3 is 0 Å². The number of nitrogens with one attached hydrogen (secondary N) is 1. The van der Waals surface area contributed by atoms with Gasteiger partial charge in [0.25, 0.3) is 0 Å². The third-order valence-electron chi connectivity index (χ3n) is 5.09. The number of likely N-dealkylation sites (tertiary alicyclic amines) is 1. The summed E-state index contributed by atoms with van der Waals surface area (Å²) in [4.78, 5) is 7.11. The van der Waals surface area contributed by atoms with Crippen LogP contribution < -0.4 is 5.32 Å². The van der Waals surface area contributed by atoms with Crippen LogP contribution in [0, 0.1) is 11.2 Å². The summed E-state index contributed by atoms with van der Waals surface area (Å²) in [5.74, 6) is 0.875. The fraction of sp³-hybridized carbons (Fsp3) is 0.611. The number of hydrogen-bond donors (Lipinski definition) is 1. The van der Waals surface area contributed by atoms with E-state index in [9.17, 15) is 4.39 Å². The van der Waals surface area contributed by atoms with Crippen molar-refractivity contribution in [1.82, 2.24) is 10.2 Å². The smallest absolute Gasteiger partial charge is 0.193 e. The Kier molecular flexibility index (Phi) is 6.68. The molecule has 3 nitrogen and oxygen atoms in total. The topological polar surface area (TPSA) is 27.6 Å². The summed E-state index contributed by atoms with van der Waals surface area (Å²) in [6.45, 7) is 5.85. The van der Waals surface area contributed by atoms with Gasteiger partial charge in [-0.05, 0) is 49.7 Å². The second-order valence-electron chi connectivity index (χ2n) is 6.60.